The number of guanidine groups is 1. The summed E-state index contributed by atoms with van der Waals surface area (Å²) in [6.07, 6.45) is -0.937. The Hall–Kier alpha value is -13.5. The fourth-order valence-corrected chi connectivity index (χ4v) is 16.6. The number of phenolic OH excluding ortho intramolecular Hbond substituents is 1. The van der Waals surface area contributed by atoms with Gasteiger partial charge in [0.05, 0.1) is 37.9 Å². The first-order valence-electron chi connectivity index (χ1n) is 43.2. The molecule has 0 radical (unpaired) electrons. The molecular weight excluding hydrogens is 1720 g/mol. The Morgan fingerprint density at radius 3 is 1.63 bits per heavy atom. The van der Waals surface area contributed by atoms with E-state index in [2.05, 4.69) is 68.5 Å². The fraction of sp³-hybridized carbons (Fsp3) is 0.523. The van der Waals surface area contributed by atoms with E-state index in [0.717, 1.165) is 36.3 Å². The summed E-state index contributed by atoms with van der Waals surface area (Å²) in [5.74, 6) is -20.2. The number of aromatic hydroxyl groups is 1. The molecule has 131 heavy (non-hydrogen) atoms. The number of nitrogens with two attached hydrogens (primary N) is 4. The minimum absolute atomic E-state index is 0.0210. The molecule has 1 unspecified atom stereocenters. The monoisotopic (exact) mass is 1840 g/mol. The van der Waals surface area contributed by atoms with Crippen LogP contribution in [0.15, 0.2) is 85.2 Å². The number of hydrogen-bond donors (Lipinski definition) is 21. The van der Waals surface area contributed by atoms with Gasteiger partial charge in [-0.2, -0.15) is 0 Å². The van der Waals surface area contributed by atoms with Crippen LogP contribution < -0.4 is 81.4 Å². The molecule has 3 aliphatic rings. The van der Waals surface area contributed by atoms with Gasteiger partial charge in [-0.25, -0.2) is 0 Å². The Labute approximate surface area is 759 Å². The average Bonchev–Trinajstić information content (AvgIpc) is 1.66. The van der Waals surface area contributed by atoms with Crippen molar-refractivity contribution in [3.05, 3.63) is 102 Å². The van der Waals surface area contributed by atoms with Crippen LogP contribution in [0.25, 0.3) is 21.8 Å². The first kappa shape index (κ1) is 103. The van der Waals surface area contributed by atoms with Crippen LogP contribution in [0.5, 0.6) is 5.75 Å². The second-order valence-corrected chi connectivity index (χ2v) is 34.4. The van der Waals surface area contributed by atoms with Crippen molar-refractivity contribution in [2.75, 3.05) is 65.4 Å². The van der Waals surface area contributed by atoms with Gasteiger partial charge in [0.2, 0.25) is 106 Å². The molecule has 0 bridgehead atoms. The number of amides is 18. The maximum Gasteiger partial charge on any atom is 0.246 e. The van der Waals surface area contributed by atoms with Crippen LogP contribution in [0.4, 0.5) is 0 Å². The maximum absolute atomic E-state index is 15.6. The van der Waals surface area contributed by atoms with Crippen LogP contribution in [0.2, 0.25) is 0 Å². The molecule has 5 aromatic rings. The van der Waals surface area contributed by atoms with Gasteiger partial charge in [0.15, 0.2) is 5.96 Å². The number of carbonyl (C=O) groups excluding carboxylic acids is 18. The lowest BCUT2D eigenvalue weighted by atomic mass is 10.0. The number of phenols is 1. The zero-order valence-corrected chi connectivity index (χ0v) is 75.1. The molecule has 44 nitrogen and oxygen atoms in total. The summed E-state index contributed by atoms with van der Waals surface area (Å²) in [5, 5.41) is 69.8. The highest BCUT2D eigenvalue weighted by Crippen LogP contribution is 2.28. The lowest BCUT2D eigenvalue weighted by Gasteiger charge is -2.35. The van der Waals surface area contributed by atoms with E-state index < -0.39 is 259 Å². The summed E-state index contributed by atoms with van der Waals surface area (Å²) >= 11 is 0.738. The molecule has 3 aliphatic heterocycles. The first-order chi connectivity index (χ1) is 62.1. The van der Waals surface area contributed by atoms with Crippen LogP contribution in [-0.4, -0.2) is 318 Å². The van der Waals surface area contributed by atoms with Crippen molar-refractivity contribution >= 4 is 146 Å². The van der Waals surface area contributed by atoms with Gasteiger partial charge in [-0.05, 0) is 99.2 Å². The molecule has 15 atom stereocenters. The smallest absolute Gasteiger partial charge is 0.246 e. The van der Waals surface area contributed by atoms with Gasteiger partial charge in [-0.3, -0.25) is 91.7 Å². The molecular formula is C86H121N23O21S. The molecule has 712 valence electrons. The second-order valence-electron chi connectivity index (χ2n) is 33.4. The molecule has 18 amide bonds. The number of aromatic amines is 2. The van der Waals surface area contributed by atoms with Gasteiger partial charge in [-0.1, -0.05) is 82.1 Å². The van der Waals surface area contributed by atoms with Crippen molar-refractivity contribution in [2.45, 2.75) is 215 Å². The minimum atomic E-state index is -1.91. The molecule has 8 rings (SSSR count). The fourth-order valence-electron chi connectivity index (χ4n) is 15.7. The number of unbranched alkanes of at least 4 members (excludes halogenated alkanes) is 1. The maximum atomic E-state index is 15.6. The molecule has 3 fully saturated rings. The molecule has 5 heterocycles. The van der Waals surface area contributed by atoms with E-state index in [1.807, 2.05) is 6.92 Å². The van der Waals surface area contributed by atoms with Crippen molar-refractivity contribution < 1.29 is 102 Å². The topological polar surface area (TPSA) is 676 Å². The number of para-hydroxylation sites is 2. The lowest BCUT2D eigenvalue weighted by molar-refractivity contribution is -0.149. The number of benzene rings is 3. The third-order valence-corrected chi connectivity index (χ3v) is 24.1. The molecule has 3 saturated heterocycles. The van der Waals surface area contributed by atoms with E-state index in [9.17, 15) is 72.9 Å². The number of aliphatic hydroxyl groups excluding tert-OH is 2. The summed E-state index contributed by atoms with van der Waals surface area (Å²) in [6, 6.07) is -3.31. The molecule has 3 aromatic carbocycles. The van der Waals surface area contributed by atoms with Gasteiger partial charge < -0.3 is 131 Å². The van der Waals surface area contributed by atoms with Gasteiger partial charge >= 0.3 is 0 Å². The Morgan fingerprint density at radius 1 is 0.534 bits per heavy atom. The largest absolute Gasteiger partial charge is 0.508 e. The van der Waals surface area contributed by atoms with Gasteiger partial charge in [-0.15, -0.1) is 11.8 Å². The summed E-state index contributed by atoms with van der Waals surface area (Å²) in [7, 11) is 3.76. The number of thioether (sulfide) groups is 1. The van der Waals surface area contributed by atoms with Gasteiger partial charge in [0, 0.05) is 106 Å². The highest BCUT2D eigenvalue weighted by atomic mass is 32.2. The number of carbonyl (C=O) groups is 18. The summed E-state index contributed by atoms with van der Waals surface area (Å²) < 4.78 is 0. The van der Waals surface area contributed by atoms with Gasteiger partial charge in [0.25, 0.3) is 0 Å². The van der Waals surface area contributed by atoms with Crippen LogP contribution in [0.3, 0.4) is 0 Å². The Bertz CT molecular complexity index is 5010. The van der Waals surface area contributed by atoms with E-state index in [0.29, 0.717) is 51.3 Å². The molecule has 0 aliphatic carbocycles. The zero-order valence-electron chi connectivity index (χ0n) is 74.3. The highest BCUT2D eigenvalue weighted by molar-refractivity contribution is 8.00. The van der Waals surface area contributed by atoms with E-state index in [1.54, 1.807) is 74.8 Å². The number of likely N-dealkylation sites (N-methyl/N-ethyl adjacent to an activating group) is 3. The van der Waals surface area contributed by atoms with E-state index >= 15 is 28.8 Å². The Morgan fingerprint density at radius 2 is 1.04 bits per heavy atom. The van der Waals surface area contributed by atoms with Crippen molar-refractivity contribution in [2.24, 2.45) is 28.9 Å². The van der Waals surface area contributed by atoms with Crippen LogP contribution in [0, 0.1) is 11.3 Å². The third-order valence-electron chi connectivity index (χ3n) is 23.1. The molecule has 45 heteroatoms. The number of aliphatic hydroxyl groups is 2. The number of nitrogens with zero attached hydrogens (tertiary/aromatic N) is 5. The van der Waals surface area contributed by atoms with Gasteiger partial charge in [0.1, 0.15) is 90.3 Å². The number of fused-ring (bicyclic) bond motifs is 4. The molecule has 2 aromatic heterocycles. The number of aromatic nitrogens is 2. The Balaban J connectivity index is 1.18. The van der Waals surface area contributed by atoms with Crippen LogP contribution in [-0.2, 0) is 106 Å². The summed E-state index contributed by atoms with van der Waals surface area (Å²) in [4.78, 5) is 271. The highest BCUT2D eigenvalue weighted by Gasteiger charge is 2.47. The SMILES string of the molecule is CCCC[C@H]1C(=O)N(C)[C@@H](C)C(=O)N[C@@H](CCCNC(=N)N)C(=O)NC(C(=O)NCC(N)=O)CSCC(=O)N[C@@H](Cc2ccc(O)cc2)C(=O)N(C)[C@@H](C)C(=O)N[C@@H](CC(N)=O)C(=O)N2CCC[C@H]2C(=O)N[C@@H](CC(N)=O)C(=O)N[C@@H](CC(C)C)C(=O)N2C[C@H](O)C[C@H]2C(=O)N[C@@H](Cc2c[nH]c3ccccc23)C(=O)N[C@@H](CO)C(=O)N[C@@H](Cc2c[nH]c3ccccc23)C(=O)N1C. The van der Waals surface area contributed by atoms with Crippen molar-refractivity contribution in [1.29, 1.82) is 5.41 Å². The number of primary amides is 3. The van der Waals surface area contributed by atoms with E-state index in [-0.39, 0.29) is 76.6 Å². The minimum Gasteiger partial charge on any atom is -0.508 e. The van der Waals surface area contributed by atoms with Crippen molar-refractivity contribution in [3.8, 4) is 5.75 Å². The predicted molar refractivity (Wildman–Crippen MR) is 477 cm³/mol. The predicted octanol–water partition coefficient (Wildman–Crippen LogP) is -5.19. The normalized spacial score (nSPS) is 25.1. The third kappa shape index (κ3) is 28.8. The zero-order chi connectivity index (χ0) is 96.4. The van der Waals surface area contributed by atoms with Crippen LogP contribution >= 0.6 is 11.8 Å². The quantitative estimate of drug-likeness (QED) is 0.0165. The number of nitrogens with one attached hydrogen (secondary N) is 14. The molecule has 25 N–H and O–H groups in total. The second kappa shape index (κ2) is 48.3. The standard InChI is InChI=1S/C86H121N23O21S/c1-9-10-22-66-85(130)106(7)46(5)72(117)97-56(21-15-28-92-86(90)91)75(120)104-64(74(119)95-39-70(89)115)42-131-43-71(116)96-60(31-47-24-26-50(111)27-25-47)81(126)105(6)45(4)73(118)100-62(36-69(88)114)83(128)108-29-16-23-65(108)79(124)99-58(35-68(87)113)77(122)101-59(30-44(2)3)84(129)109-40-51(112)34-67(109)80(125)98-57(32-48-37-93-54-19-13-11-17-52(48)54)76(121)103-63(41-110)78(123)102-61(82(127)107(66)8)33-49-38-94-55-20-14-12-18-53(49)55/h11-14,17-20,24-27,37-38,44-46,51,56-67,93-94,110-112H,9-10,15-16,21-23,28-36,39-43H2,1-8H3,(H2,87,113)(H2,88,114)(H2,89,115)(H,95,119)(H,96,116)(H,97,117)(H,98,125)(H,99,124)(H,100,118)(H,101,122)(H,102,123)(H,103,121)(H,104,120)(H4,90,91,92)/t45-,46-,51+,56-,57-,58-,59-,60-,61-,62-,63-,64?,65-,66-,67-/m0/s1. The van der Waals surface area contributed by atoms with Crippen molar-refractivity contribution in [1.82, 2.24) is 93.0 Å². The molecule has 0 spiro atoms. The number of rotatable bonds is 23. The number of H-pyrrole nitrogens is 2. The Kier molecular flexibility index (Phi) is 37.9. The van der Waals surface area contributed by atoms with Crippen LogP contribution in [0.1, 0.15) is 122 Å². The lowest BCUT2D eigenvalue weighted by Crippen LogP contribution is -2.61. The van der Waals surface area contributed by atoms with Crippen molar-refractivity contribution in [3.63, 3.8) is 0 Å². The number of hydrogen-bond acceptors (Lipinski definition) is 23. The summed E-state index contributed by atoms with van der Waals surface area (Å²) in [6.45, 7) is 5.18. The van der Waals surface area contributed by atoms with E-state index in [1.165, 1.54) is 59.3 Å². The molecule has 0 saturated carbocycles. The first-order valence-corrected chi connectivity index (χ1v) is 44.3. The van der Waals surface area contributed by atoms with E-state index in [4.69, 9.17) is 28.3 Å². The average molecular weight is 1850 g/mol. The summed E-state index contributed by atoms with van der Waals surface area (Å²) in [5.41, 5.74) is 24.9.